The van der Waals surface area contributed by atoms with Gasteiger partial charge in [0.15, 0.2) is 0 Å². The van der Waals surface area contributed by atoms with Crippen molar-refractivity contribution in [1.82, 2.24) is 10.3 Å². The normalized spacial score (nSPS) is 11.6. The van der Waals surface area contributed by atoms with Gasteiger partial charge in [0.05, 0.1) is 17.0 Å². The number of aromatic nitrogens is 1. The Labute approximate surface area is 122 Å². The molecule has 0 bridgehead atoms. The van der Waals surface area contributed by atoms with Crippen LogP contribution in [0.1, 0.15) is 25.3 Å². The van der Waals surface area contributed by atoms with Crippen LogP contribution in [0.4, 0.5) is 0 Å². The van der Waals surface area contributed by atoms with E-state index in [1.807, 2.05) is 38.3 Å². The Bertz CT molecular complexity index is 582. The first kappa shape index (κ1) is 14.7. The summed E-state index contributed by atoms with van der Waals surface area (Å²) in [6, 6.07) is 3.88. The van der Waals surface area contributed by atoms with Gasteiger partial charge in [-0.15, -0.1) is 11.3 Å². The highest BCUT2D eigenvalue weighted by molar-refractivity contribution is 7.13. The highest BCUT2D eigenvalue weighted by Gasteiger charge is 2.17. The van der Waals surface area contributed by atoms with E-state index in [1.54, 1.807) is 11.3 Å². The van der Waals surface area contributed by atoms with Gasteiger partial charge in [0.1, 0.15) is 5.76 Å². The number of hydrogen-bond acceptors (Lipinski definition) is 5. The molecule has 20 heavy (non-hydrogen) atoms. The number of nitrogens with zero attached hydrogens (tertiary/aromatic N) is 1. The molecule has 2 aromatic heterocycles. The number of aryl methyl sites for hydroxylation is 1. The molecule has 2 heterocycles. The van der Waals surface area contributed by atoms with Crippen LogP contribution in [0.25, 0.3) is 10.8 Å². The average Bonchev–Trinajstić information content (AvgIpc) is 2.96. The molecule has 0 atom stereocenters. The zero-order valence-corrected chi connectivity index (χ0v) is 12.7. The third-order valence-electron chi connectivity index (χ3n) is 2.69. The van der Waals surface area contributed by atoms with E-state index in [0.717, 1.165) is 4.88 Å². The molecule has 2 aromatic rings. The highest BCUT2D eigenvalue weighted by atomic mass is 32.1. The summed E-state index contributed by atoms with van der Waals surface area (Å²) in [5.74, 6) is 1.15. The quantitative estimate of drug-likeness (QED) is 0.884. The number of amides is 1. The zero-order valence-electron chi connectivity index (χ0n) is 11.9. The summed E-state index contributed by atoms with van der Waals surface area (Å²) in [6.45, 7) is 5.98. The van der Waals surface area contributed by atoms with Gasteiger partial charge in [-0.3, -0.25) is 4.79 Å². The predicted molar refractivity (Wildman–Crippen MR) is 79.5 cm³/mol. The first-order valence-electron chi connectivity index (χ1n) is 6.41. The lowest BCUT2D eigenvalue weighted by atomic mass is 10.1. The molecule has 0 radical (unpaired) electrons. The number of thiophene rings is 1. The van der Waals surface area contributed by atoms with Gasteiger partial charge in [-0.05, 0) is 32.2 Å². The first-order valence-corrected chi connectivity index (χ1v) is 7.29. The van der Waals surface area contributed by atoms with E-state index in [2.05, 4.69) is 10.3 Å². The SMILES string of the molecule is Cc1oc(-c2cccs2)nc1CC(=O)NCC(C)(C)N. The van der Waals surface area contributed by atoms with Gasteiger partial charge in [-0.2, -0.15) is 0 Å². The van der Waals surface area contributed by atoms with Crippen LogP contribution in [0.5, 0.6) is 0 Å². The molecule has 0 unspecified atom stereocenters. The van der Waals surface area contributed by atoms with Crippen LogP contribution in [0.2, 0.25) is 0 Å². The van der Waals surface area contributed by atoms with Gasteiger partial charge in [0.25, 0.3) is 0 Å². The fourth-order valence-electron chi connectivity index (χ4n) is 1.64. The van der Waals surface area contributed by atoms with Gasteiger partial charge in [0.2, 0.25) is 11.8 Å². The summed E-state index contributed by atoms with van der Waals surface area (Å²) < 4.78 is 5.60. The number of oxazole rings is 1. The number of hydrogen-bond donors (Lipinski definition) is 2. The Morgan fingerprint density at radius 3 is 2.90 bits per heavy atom. The van der Waals surface area contributed by atoms with Gasteiger partial charge in [0, 0.05) is 12.1 Å². The zero-order chi connectivity index (χ0) is 14.8. The average molecular weight is 293 g/mol. The van der Waals surface area contributed by atoms with Crippen molar-refractivity contribution in [1.29, 1.82) is 0 Å². The summed E-state index contributed by atoms with van der Waals surface area (Å²) >= 11 is 1.56. The van der Waals surface area contributed by atoms with E-state index in [9.17, 15) is 4.79 Å². The van der Waals surface area contributed by atoms with E-state index in [0.29, 0.717) is 23.9 Å². The molecule has 6 heteroatoms. The molecule has 0 saturated carbocycles. The van der Waals surface area contributed by atoms with Crippen LogP contribution in [0.3, 0.4) is 0 Å². The fourth-order valence-corrected chi connectivity index (χ4v) is 2.29. The van der Waals surface area contributed by atoms with E-state index in [-0.39, 0.29) is 12.3 Å². The smallest absolute Gasteiger partial charge is 0.236 e. The number of carbonyl (C=O) groups excluding carboxylic acids is 1. The van der Waals surface area contributed by atoms with Crippen LogP contribution in [0.15, 0.2) is 21.9 Å². The maximum Gasteiger partial charge on any atom is 0.236 e. The number of rotatable bonds is 5. The Hall–Kier alpha value is -1.66. The second-order valence-corrected chi connectivity index (χ2v) is 6.39. The standard InChI is InChI=1S/C14H19N3O2S/c1-9-10(7-12(18)16-8-14(2,3)15)17-13(19-9)11-5-4-6-20-11/h4-6H,7-8,15H2,1-3H3,(H,16,18). The van der Waals surface area contributed by atoms with Crippen LogP contribution in [0, 0.1) is 6.92 Å². The molecule has 0 spiro atoms. The molecular formula is C14H19N3O2S. The third-order valence-corrected chi connectivity index (χ3v) is 3.55. The molecule has 0 saturated heterocycles. The van der Waals surface area contributed by atoms with Crippen molar-refractivity contribution in [3.63, 3.8) is 0 Å². The third kappa shape index (κ3) is 3.91. The maximum atomic E-state index is 11.9. The second kappa shape index (κ2) is 5.76. The molecule has 1 amide bonds. The minimum atomic E-state index is -0.420. The molecule has 5 nitrogen and oxygen atoms in total. The Kier molecular flexibility index (Phi) is 4.25. The van der Waals surface area contributed by atoms with Crippen molar-refractivity contribution in [3.05, 3.63) is 29.0 Å². The second-order valence-electron chi connectivity index (χ2n) is 5.44. The predicted octanol–water partition coefficient (Wildman–Crippen LogP) is 2.11. The van der Waals surface area contributed by atoms with Crippen molar-refractivity contribution in [3.8, 4) is 10.8 Å². The monoisotopic (exact) mass is 293 g/mol. The van der Waals surface area contributed by atoms with Gasteiger partial charge in [-0.25, -0.2) is 4.98 Å². The van der Waals surface area contributed by atoms with Gasteiger partial charge in [-0.1, -0.05) is 6.07 Å². The van der Waals surface area contributed by atoms with Crippen molar-refractivity contribution in [2.24, 2.45) is 5.73 Å². The molecule has 2 rings (SSSR count). The van der Waals surface area contributed by atoms with Crippen LogP contribution in [-0.2, 0) is 11.2 Å². The largest absolute Gasteiger partial charge is 0.440 e. The fraction of sp³-hybridized carbons (Fsp3) is 0.429. The molecule has 3 N–H and O–H groups in total. The van der Waals surface area contributed by atoms with Crippen molar-refractivity contribution >= 4 is 17.2 Å². The number of carbonyl (C=O) groups is 1. The van der Waals surface area contributed by atoms with E-state index < -0.39 is 5.54 Å². The van der Waals surface area contributed by atoms with Gasteiger partial charge < -0.3 is 15.5 Å². The lowest BCUT2D eigenvalue weighted by Crippen LogP contribution is -2.45. The van der Waals surface area contributed by atoms with E-state index in [4.69, 9.17) is 10.2 Å². The van der Waals surface area contributed by atoms with E-state index >= 15 is 0 Å². The van der Waals surface area contributed by atoms with Crippen molar-refractivity contribution in [2.45, 2.75) is 32.7 Å². The Morgan fingerprint density at radius 1 is 1.55 bits per heavy atom. The van der Waals surface area contributed by atoms with Crippen LogP contribution < -0.4 is 11.1 Å². The first-order chi connectivity index (χ1) is 9.35. The molecule has 0 aliphatic rings. The topological polar surface area (TPSA) is 81.2 Å². The van der Waals surface area contributed by atoms with Crippen molar-refractivity contribution < 1.29 is 9.21 Å². The molecule has 0 aliphatic heterocycles. The van der Waals surface area contributed by atoms with Crippen molar-refractivity contribution in [2.75, 3.05) is 6.54 Å². The number of nitrogens with one attached hydrogen (secondary N) is 1. The lowest BCUT2D eigenvalue weighted by molar-refractivity contribution is -0.120. The molecule has 108 valence electrons. The Balaban J connectivity index is 2.01. The summed E-state index contributed by atoms with van der Waals surface area (Å²) in [4.78, 5) is 17.2. The molecule has 0 aromatic carbocycles. The summed E-state index contributed by atoms with van der Waals surface area (Å²) in [5.41, 5.74) is 6.08. The molecular weight excluding hydrogens is 274 g/mol. The van der Waals surface area contributed by atoms with Crippen LogP contribution in [-0.4, -0.2) is 23.0 Å². The maximum absolute atomic E-state index is 11.9. The minimum absolute atomic E-state index is 0.0994. The van der Waals surface area contributed by atoms with Gasteiger partial charge >= 0.3 is 0 Å². The minimum Gasteiger partial charge on any atom is -0.440 e. The summed E-state index contributed by atoms with van der Waals surface area (Å²) in [7, 11) is 0. The summed E-state index contributed by atoms with van der Waals surface area (Å²) in [5, 5.41) is 4.76. The lowest BCUT2D eigenvalue weighted by Gasteiger charge is -2.18. The molecule has 0 fully saturated rings. The Morgan fingerprint density at radius 2 is 2.30 bits per heavy atom. The summed E-state index contributed by atoms with van der Waals surface area (Å²) in [6.07, 6.45) is 0.205. The van der Waals surface area contributed by atoms with Crippen LogP contribution >= 0.6 is 11.3 Å². The van der Waals surface area contributed by atoms with E-state index in [1.165, 1.54) is 0 Å². The highest BCUT2D eigenvalue weighted by Crippen LogP contribution is 2.25. The molecule has 0 aliphatic carbocycles. The number of nitrogens with two attached hydrogens (primary N) is 1.